The van der Waals surface area contributed by atoms with Crippen LogP contribution in [-0.4, -0.2) is 0 Å². The first-order chi connectivity index (χ1) is 9.35. The Labute approximate surface area is 117 Å². The maximum Gasteiger partial charge on any atom is -0.00989 e. The third-order valence-corrected chi connectivity index (χ3v) is 3.51. The summed E-state index contributed by atoms with van der Waals surface area (Å²) < 4.78 is 0. The lowest BCUT2D eigenvalue weighted by Gasteiger charge is -2.10. The second-order valence-corrected chi connectivity index (χ2v) is 5.12. The molecule has 1 radical (unpaired) electrons. The molecule has 0 saturated carbocycles. The standard InChI is InChI=1S/C19H23/c1-3-5-11-17-12-6-7-14-19(17)18-13-8-10-16(15-18)9-4-2/h6-8,10,12,14-15H,3-5,9,11H2,1-2H3. The Kier molecular flexibility index (Phi) is 5.20. The molecule has 0 unspecified atom stereocenters. The molecule has 2 aromatic carbocycles. The Morgan fingerprint density at radius 3 is 2.58 bits per heavy atom. The summed E-state index contributed by atoms with van der Waals surface area (Å²) in [5.74, 6) is 0. The molecule has 0 spiro atoms. The van der Waals surface area contributed by atoms with Gasteiger partial charge in [-0.3, -0.25) is 0 Å². The predicted octanol–water partition coefficient (Wildman–Crippen LogP) is 5.45. The van der Waals surface area contributed by atoms with Gasteiger partial charge < -0.3 is 0 Å². The van der Waals surface area contributed by atoms with Gasteiger partial charge in [0.25, 0.3) is 0 Å². The summed E-state index contributed by atoms with van der Waals surface area (Å²) in [5, 5.41) is 0. The van der Waals surface area contributed by atoms with Crippen LogP contribution in [0.15, 0.2) is 42.5 Å². The van der Waals surface area contributed by atoms with Gasteiger partial charge >= 0.3 is 0 Å². The van der Waals surface area contributed by atoms with Crippen LogP contribution in [0.1, 0.15) is 44.2 Å². The van der Waals surface area contributed by atoms with Crippen LogP contribution in [0.2, 0.25) is 0 Å². The van der Waals surface area contributed by atoms with Crippen molar-refractivity contribution in [2.45, 2.75) is 46.0 Å². The number of hydrogen-bond donors (Lipinski definition) is 0. The highest BCUT2D eigenvalue weighted by Crippen LogP contribution is 2.25. The summed E-state index contributed by atoms with van der Waals surface area (Å²) in [5.41, 5.74) is 5.47. The molecule has 0 bridgehead atoms. The van der Waals surface area contributed by atoms with Gasteiger partial charge in [0.1, 0.15) is 0 Å². The molecule has 2 aromatic rings. The molecule has 0 nitrogen and oxygen atoms in total. The Morgan fingerprint density at radius 2 is 1.79 bits per heavy atom. The second-order valence-electron chi connectivity index (χ2n) is 5.12. The SMILES string of the molecule is CCCCc1ccccc1-c1[c]ccc(CCC)c1. The molecular weight excluding hydrogens is 228 g/mol. The average Bonchev–Trinajstić information content (AvgIpc) is 2.46. The monoisotopic (exact) mass is 251 g/mol. The smallest absolute Gasteiger partial charge is 0.00989 e. The molecule has 99 valence electrons. The summed E-state index contributed by atoms with van der Waals surface area (Å²) in [6.45, 7) is 4.47. The first-order valence-electron chi connectivity index (χ1n) is 7.44. The molecule has 0 aliphatic rings. The fraction of sp³-hybridized carbons (Fsp3) is 0.368. The van der Waals surface area contributed by atoms with Crippen LogP contribution in [0.5, 0.6) is 0 Å². The maximum absolute atomic E-state index is 3.40. The van der Waals surface area contributed by atoms with Crippen LogP contribution in [0.3, 0.4) is 0 Å². The van der Waals surface area contributed by atoms with E-state index in [0.717, 1.165) is 6.42 Å². The normalized spacial score (nSPS) is 10.6. The molecule has 0 saturated heterocycles. The van der Waals surface area contributed by atoms with Crippen molar-refractivity contribution >= 4 is 0 Å². The van der Waals surface area contributed by atoms with Crippen molar-refractivity contribution in [1.82, 2.24) is 0 Å². The second kappa shape index (κ2) is 7.13. The summed E-state index contributed by atoms with van der Waals surface area (Å²) >= 11 is 0. The quantitative estimate of drug-likeness (QED) is 0.640. The lowest BCUT2D eigenvalue weighted by molar-refractivity contribution is 0.796. The van der Waals surface area contributed by atoms with Crippen molar-refractivity contribution in [3.05, 3.63) is 59.7 Å². The van der Waals surface area contributed by atoms with Crippen LogP contribution in [0.25, 0.3) is 11.1 Å². The fourth-order valence-corrected chi connectivity index (χ4v) is 2.48. The lowest BCUT2D eigenvalue weighted by atomic mass is 9.94. The summed E-state index contributed by atoms with van der Waals surface area (Å²) in [7, 11) is 0. The molecule has 0 amide bonds. The van der Waals surface area contributed by atoms with Crippen molar-refractivity contribution in [3.63, 3.8) is 0 Å². The molecule has 0 atom stereocenters. The van der Waals surface area contributed by atoms with E-state index in [2.05, 4.69) is 62.4 Å². The van der Waals surface area contributed by atoms with Gasteiger partial charge in [0.2, 0.25) is 0 Å². The van der Waals surface area contributed by atoms with Crippen molar-refractivity contribution in [3.8, 4) is 11.1 Å². The van der Waals surface area contributed by atoms with Crippen molar-refractivity contribution in [2.24, 2.45) is 0 Å². The molecule has 2 rings (SSSR count). The van der Waals surface area contributed by atoms with E-state index in [4.69, 9.17) is 0 Å². The third-order valence-electron chi connectivity index (χ3n) is 3.51. The Balaban J connectivity index is 2.32. The molecular formula is C19H23. The van der Waals surface area contributed by atoms with Gasteiger partial charge in [-0.15, -0.1) is 0 Å². The Bertz CT molecular complexity index is 511. The fourth-order valence-electron chi connectivity index (χ4n) is 2.48. The maximum atomic E-state index is 3.40. The van der Waals surface area contributed by atoms with E-state index in [1.54, 1.807) is 0 Å². The van der Waals surface area contributed by atoms with Gasteiger partial charge in [-0.05, 0) is 47.6 Å². The number of rotatable bonds is 6. The third kappa shape index (κ3) is 3.70. The van der Waals surface area contributed by atoms with Crippen LogP contribution < -0.4 is 0 Å². The Hall–Kier alpha value is -1.56. The van der Waals surface area contributed by atoms with Crippen molar-refractivity contribution in [2.75, 3.05) is 0 Å². The molecule has 0 aliphatic carbocycles. The van der Waals surface area contributed by atoms with E-state index in [0.29, 0.717) is 0 Å². The number of unbranched alkanes of at least 4 members (excludes halogenated alkanes) is 1. The van der Waals surface area contributed by atoms with Gasteiger partial charge in [-0.2, -0.15) is 0 Å². The van der Waals surface area contributed by atoms with Crippen LogP contribution in [0, 0.1) is 6.07 Å². The molecule has 19 heavy (non-hydrogen) atoms. The van der Waals surface area contributed by atoms with Crippen LogP contribution in [-0.2, 0) is 12.8 Å². The molecule has 0 aromatic heterocycles. The van der Waals surface area contributed by atoms with Gasteiger partial charge in [-0.25, -0.2) is 0 Å². The molecule has 0 aliphatic heterocycles. The predicted molar refractivity (Wildman–Crippen MR) is 83.3 cm³/mol. The van der Waals surface area contributed by atoms with E-state index in [-0.39, 0.29) is 0 Å². The summed E-state index contributed by atoms with van der Waals surface area (Å²) in [4.78, 5) is 0. The van der Waals surface area contributed by atoms with Crippen LogP contribution in [0.4, 0.5) is 0 Å². The number of aryl methyl sites for hydroxylation is 2. The van der Waals surface area contributed by atoms with E-state index >= 15 is 0 Å². The van der Waals surface area contributed by atoms with Gasteiger partial charge in [0.05, 0.1) is 0 Å². The number of hydrogen-bond acceptors (Lipinski definition) is 0. The highest BCUT2D eigenvalue weighted by atomic mass is 14.1. The topological polar surface area (TPSA) is 0 Å². The zero-order valence-electron chi connectivity index (χ0n) is 12.1. The zero-order valence-corrected chi connectivity index (χ0v) is 12.1. The van der Waals surface area contributed by atoms with Gasteiger partial charge in [0, 0.05) is 0 Å². The number of benzene rings is 2. The van der Waals surface area contributed by atoms with Crippen LogP contribution >= 0.6 is 0 Å². The van der Waals surface area contributed by atoms with Crippen molar-refractivity contribution < 1.29 is 0 Å². The van der Waals surface area contributed by atoms with Gasteiger partial charge in [0.15, 0.2) is 0 Å². The minimum Gasteiger partial charge on any atom is -0.0654 e. The van der Waals surface area contributed by atoms with E-state index in [9.17, 15) is 0 Å². The largest absolute Gasteiger partial charge is 0.0654 e. The van der Waals surface area contributed by atoms with E-state index in [1.165, 1.54) is 47.9 Å². The lowest BCUT2D eigenvalue weighted by Crippen LogP contribution is -1.91. The minimum atomic E-state index is 1.15. The molecule has 0 heterocycles. The summed E-state index contributed by atoms with van der Waals surface area (Å²) in [6.07, 6.45) is 6.01. The molecule has 0 fully saturated rings. The zero-order chi connectivity index (χ0) is 13.5. The highest BCUT2D eigenvalue weighted by Gasteiger charge is 2.05. The molecule has 0 heteroatoms. The van der Waals surface area contributed by atoms with Gasteiger partial charge in [-0.1, -0.05) is 69.2 Å². The van der Waals surface area contributed by atoms with Crippen molar-refractivity contribution in [1.29, 1.82) is 0 Å². The minimum absolute atomic E-state index is 1.15. The first-order valence-corrected chi connectivity index (χ1v) is 7.44. The van der Waals surface area contributed by atoms with E-state index < -0.39 is 0 Å². The molecule has 0 N–H and O–H groups in total. The Morgan fingerprint density at radius 1 is 0.947 bits per heavy atom. The van der Waals surface area contributed by atoms with E-state index in [1.807, 2.05) is 0 Å². The summed E-state index contributed by atoms with van der Waals surface area (Å²) in [6, 6.07) is 18.7. The first kappa shape index (κ1) is 13.9. The highest BCUT2D eigenvalue weighted by molar-refractivity contribution is 5.67. The average molecular weight is 251 g/mol.